The van der Waals surface area contributed by atoms with Crippen LogP contribution < -0.4 is 0 Å². The third-order valence-electron chi connectivity index (χ3n) is 4.15. The highest BCUT2D eigenvalue weighted by molar-refractivity contribution is 5.42. The molecule has 0 radical (unpaired) electrons. The van der Waals surface area contributed by atoms with Gasteiger partial charge in [0.15, 0.2) is 5.76 Å². The largest absolute Gasteiger partial charge is 0.459 e. The maximum atomic E-state index is 13.3. The summed E-state index contributed by atoms with van der Waals surface area (Å²) in [5, 5.41) is 8.07. The average molecular weight is 313 g/mol. The van der Waals surface area contributed by atoms with Crippen molar-refractivity contribution in [2.45, 2.75) is 18.9 Å². The Bertz CT molecular complexity index is 785. The highest BCUT2D eigenvalue weighted by atomic mass is 19.1. The molecule has 1 aliphatic heterocycles. The summed E-state index contributed by atoms with van der Waals surface area (Å²) in [5.41, 5.74) is 1.05. The molecular weight excluding hydrogens is 297 g/mol. The minimum absolute atomic E-state index is 0.180. The molecule has 3 heterocycles. The van der Waals surface area contributed by atoms with Crippen LogP contribution in [0.2, 0.25) is 0 Å². The topological polar surface area (TPSA) is 55.3 Å². The van der Waals surface area contributed by atoms with Gasteiger partial charge >= 0.3 is 0 Å². The molecule has 118 valence electrons. The molecule has 2 aromatic heterocycles. The number of hydrogen-bond donors (Lipinski definition) is 0. The van der Waals surface area contributed by atoms with Crippen LogP contribution in [-0.2, 0) is 6.54 Å². The van der Waals surface area contributed by atoms with E-state index in [1.807, 2.05) is 6.07 Å². The monoisotopic (exact) mass is 313 g/mol. The van der Waals surface area contributed by atoms with E-state index in [4.69, 9.17) is 8.83 Å². The zero-order chi connectivity index (χ0) is 15.6. The van der Waals surface area contributed by atoms with E-state index < -0.39 is 0 Å². The van der Waals surface area contributed by atoms with Crippen LogP contribution in [0.4, 0.5) is 4.39 Å². The Balaban J connectivity index is 1.41. The van der Waals surface area contributed by atoms with E-state index in [-0.39, 0.29) is 5.82 Å². The number of furan rings is 1. The van der Waals surface area contributed by atoms with E-state index in [0.29, 0.717) is 30.0 Å². The number of benzene rings is 1. The summed E-state index contributed by atoms with van der Waals surface area (Å²) in [6, 6.07) is 10.4. The predicted molar refractivity (Wildman–Crippen MR) is 81.0 cm³/mol. The lowest BCUT2D eigenvalue weighted by Gasteiger charge is -2.13. The van der Waals surface area contributed by atoms with Crippen LogP contribution in [-0.4, -0.2) is 28.2 Å². The fourth-order valence-electron chi connectivity index (χ4n) is 3.02. The van der Waals surface area contributed by atoms with Gasteiger partial charge in [0.05, 0.1) is 12.8 Å². The Hall–Kier alpha value is -2.47. The number of halogens is 1. The molecule has 3 aromatic rings. The molecule has 1 aliphatic rings. The van der Waals surface area contributed by atoms with Gasteiger partial charge in [-0.15, -0.1) is 10.2 Å². The Labute approximate surface area is 132 Å². The molecule has 0 unspecified atom stereocenters. The normalized spacial score (nSPS) is 18.6. The van der Waals surface area contributed by atoms with Crippen molar-refractivity contribution in [3.63, 3.8) is 0 Å². The van der Waals surface area contributed by atoms with Gasteiger partial charge in [-0.05, 0) is 48.7 Å². The van der Waals surface area contributed by atoms with E-state index >= 15 is 0 Å². The highest BCUT2D eigenvalue weighted by Crippen LogP contribution is 2.28. The fraction of sp³-hybridized carbons (Fsp3) is 0.294. The first-order valence-corrected chi connectivity index (χ1v) is 7.62. The maximum absolute atomic E-state index is 13.3. The van der Waals surface area contributed by atoms with Gasteiger partial charge in [-0.2, -0.15) is 0 Å². The Morgan fingerprint density at radius 3 is 3.00 bits per heavy atom. The van der Waals surface area contributed by atoms with Crippen molar-refractivity contribution in [1.29, 1.82) is 0 Å². The summed E-state index contributed by atoms with van der Waals surface area (Å²) in [7, 11) is 0. The second-order valence-electron chi connectivity index (χ2n) is 5.75. The first-order chi connectivity index (χ1) is 11.3. The average Bonchev–Trinajstić information content (AvgIpc) is 3.29. The minimum atomic E-state index is -0.180. The van der Waals surface area contributed by atoms with Gasteiger partial charge in [-0.25, -0.2) is 4.39 Å². The summed E-state index contributed by atoms with van der Waals surface area (Å²) in [6.45, 7) is 2.39. The molecule has 0 spiro atoms. The maximum Gasteiger partial charge on any atom is 0.283 e. The molecule has 1 fully saturated rings. The first kappa shape index (κ1) is 14.1. The van der Waals surface area contributed by atoms with Gasteiger partial charge in [0.1, 0.15) is 5.82 Å². The second kappa shape index (κ2) is 5.96. The lowest BCUT2D eigenvalue weighted by molar-refractivity contribution is 0.288. The van der Waals surface area contributed by atoms with Gasteiger partial charge in [-0.3, -0.25) is 4.90 Å². The van der Waals surface area contributed by atoms with Crippen molar-refractivity contribution in [2.75, 3.05) is 13.1 Å². The van der Waals surface area contributed by atoms with Crippen LogP contribution in [0, 0.1) is 5.82 Å². The molecule has 1 aromatic carbocycles. The molecule has 1 saturated heterocycles. The summed E-state index contributed by atoms with van der Waals surface area (Å²) < 4.78 is 24.2. The molecule has 0 aliphatic carbocycles. The number of nitrogens with zero attached hydrogens (tertiary/aromatic N) is 3. The minimum Gasteiger partial charge on any atom is -0.459 e. The van der Waals surface area contributed by atoms with Crippen molar-refractivity contribution in [2.24, 2.45) is 0 Å². The Morgan fingerprint density at radius 1 is 1.22 bits per heavy atom. The van der Waals surface area contributed by atoms with E-state index in [2.05, 4.69) is 15.1 Å². The van der Waals surface area contributed by atoms with Gasteiger partial charge in [-0.1, -0.05) is 12.1 Å². The number of aromatic nitrogens is 2. The smallest absolute Gasteiger partial charge is 0.283 e. The molecule has 23 heavy (non-hydrogen) atoms. The molecular formula is C17H16FN3O2. The molecule has 0 amide bonds. The van der Waals surface area contributed by atoms with Gasteiger partial charge in [0.25, 0.3) is 5.89 Å². The summed E-state index contributed by atoms with van der Waals surface area (Å²) in [5.74, 6) is 1.70. The standard InChI is InChI=1S/C17H16FN3O2/c18-14-4-1-3-12(9-14)13-6-7-21(10-13)11-16-19-20-17(23-16)15-5-2-8-22-15/h1-5,8-9,13H,6-7,10-11H2/t13-/m0/s1. The van der Waals surface area contributed by atoms with Crippen LogP contribution in [0.5, 0.6) is 0 Å². The predicted octanol–water partition coefficient (Wildman–Crippen LogP) is 3.46. The Kier molecular flexibility index (Phi) is 3.67. The number of likely N-dealkylation sites (tertiary alicyclic amines) is 1. The van der Waals surface area contributed by atoms with Crippen LogP contribution in [0.1, 0.15) is 23.8 Å². The van der Waals surface area contributed by atoms with E-state index in [1.54, 1.807) is 30.5 Å². The van der Waals surface area contributed by atoms with Gasteiger partial charge in [0.2, 0.25) is 5.89 Å². The Morgan fingerprint density at radius 2 is 2.17 bits per heavy atom. The highest BCUT2D eigenvalue weighted by Gasteiger charge is 2.25. The van der Waals surface area contributed by atoms with E-state index in [1.165, 1.54) is 6.07 Å². The molecule has 0 saturated carbocycles. The zero-order valence-corrected chi connectivity index (χ0v) is 12.5. The molecule has 4 rings (SSSR count). The first-order valence-electron chi connectivity index (χ1n) is 7.62. The summed E-state index contributed by atoms with van der Waals surface area (Å²) >= 11 is 0. The lowest BCUT2D eigenvalue weighted by Crippen LogP contribution is -2.20. The summed E-state index contributed by atoms with van der Waals surface area (Å²) in [6.07, 6.45) is 2.58. The SMILES string of the molecule is Fc1cccc([C@H]2CCN(Cc3nnc(-c4ccco4)o3)C2)c1. The molecule has 1 atom stereocenters. The van der Waals surface area contributed by atoms with Crippen LogP contribution in [0.25, 0.3) is 11.7 Å². The van der Waals surface area contributed by atoms with Crippen molar-refractivity contribution >= 4 is 0 Å². The molecule has 0 N–H and O–H groups in total. The number of hydrogen-bond acceptors (Lipinski definition) is 5. The molecule has 5 nitrogen and oxygen atoms in total. The molecule has 6 heteroatoms. The fourth-order valence-corrected chi connectivity index (χ4v) is 3.02. The van der Waals surface area contributed by atoms with Crippen LogP contribution in [0.3, 0.4) is 0 Å². The number of rotatable bonds is 4. The van der Waals surface area contributed by atoms with Gasteiger partial charge < -0.3 is 8.83 Å². The van der Waals surface area contributed by atoms with Crippen molar-refractivity contribution in [3.8, 4) is 11.7 Å². The summed E-state index contributed by atoms with van der Waals surface area (Å²) in [4.78, 5) is 2.25. The van der Waals surface area contributed by atoms with Crippen LogP contribution >= 0.6 is 0 Å². The van der Waals surface area contributed by atoms with Crippen LogP contribution in [0.15, 0.2) is 51.5 Å². The van der Waals surface area contributed by atoms with Crippen molar-refractivity contribution in [3.05, 3.63) is 59.9 Å². The second-order valence-corrected chi connectivity index (χ2v) is 5.75. The van der Waals surface area contributed by atoms with E-state index in [9.17, 15) is 4.39 Å². The molecule has 0 bridgehead atoms. The van der Waals surface area contributed by atoms with Crippen molar-refractivity contribution < 1.29 is 13.2 Å². The lowest BCUT2D eigenvalue weighted by atomic mass is 9.98. The quantitative estimate of drug-likeness (QED) is 0.738. The zero-order valence-electron chi connectivity index (χ0n) is 12.5. The van der Waals surface area contributed by atoms with Crippen molar-refractivity contribution in [1.82, 2.24) is 15.1 Å². The van der Waals surface area contributed by atoms with Gasteiger partial charge in [0, 0.05) is 6.54 Å². The third kappa shape index (κ3) is 3.03. The van der Waals surface area contributed by atoms with E-state index in [0.717, 1.165) is 25.1 Å². The third-order valence-corrected chi connectivity index (χ3v) is 4.15.